The molecule has 1 aromatic heterocycles. The lowest BCUT2D eigenvalue weighted by atomic mass is 10.1. The van der Waals surface area contributed by atoms with E-state index >= 15 is 0 Å². The molecule has 1 atom stereocenters. The second kappa shape index (κ2) is 7.14. The lowest BCUT2D eigenvalue weighted by Crippen LogP contribution is -2.35. The predicted molar refractivity (Wildman–Crippen MR) is 81.8 cm³/mol. The van der Waals surface area contributed by atoms with Crippen molar-refractivity contribution in [1.29, 1.82) is 0 Å². The summed E-state index contributed by atoms with van der Waals surface area (Å²) in [4.78, 5) is 2.05. The zero-order valence-electron chi connectivity index (χ0n) is 12.9. The standard InChI is InChI=1S/C13H26N4OS/c1-10(7-8-19-6)17(5)12-16-15-11(18-12)9-14-13(2,3)4/h10,14H,7-9H2,1-6H3. The summed E-state index contributed by atoms with van der Waals surface area (Å²) in [5.74, 6) is 1.77. The van der Waals surface area contributed by atoms with E-state index in [1.54, 1.807) is 0 Å². The van der Waals surface area contributed by atoms with E-state index in [0.29, 0.717) is 24.5 Å². The zero-order chi connectivity index (χ0) is 14.5. The number of nitrogens with zero attached hydrogens (tertiary/aromatic N) is 3. The molecule has 0 saturated carbocycles. The summed E-state index contributed by atoms with van der Waals surface area (Å²) >= 11 is 1.86. The van der Waals surface area contributed by atoms with Crippen LogP contribution in [0.4, 0.5) is 6.01 Å². The maximum Gasteiger partial charge on any atom is 0.318 e. The van der Waals surface area contributed by atoms with Crippen LogP contribution in [0.5, 0.6) is 0 Å². The molecule has 1 unspecified atom stereocenters. The summed E-state index contributed by atoms with van der Waals surface area (Å²) in [5.41, 5.74) is 0.0478. The number of aromatic nitrogens is 2. The first-order chi connectivity index (χ1) is 8.83. The molecule has 1 heterocycles. The molecule has 0 bridgehead atoms. The third-order valence-corrected chi connectivity index (χ3v) is 3.57. The minimum Gasteiger partial charge on any atom is -0.407 e. The van der Waals surface area contributed by atoms with Crippen molar-refractivity contribution < 1.29 is 4.42 Å². The smallest absolute Gasteiger partial charge is 0.318 e. The number of nitrogens with one attached hydrogen (secondary N) is 1. The summed E-state index contributed by atoms with van der Waals surface area (Å²) in [5, 5.41) is 11.5. The summed E-state index contributed by atoms with van der Waals surface area (Å²) in [6.45, 7) is 9.11. The van der Waals surface area contributed by atoms with Crippen molar-refractivity contribution in [3.8, 4) is 0 Å². The van der Waals surface area contributed by atoms with Crippen LogP contribution in [-0.4, -0.2) is 40.8 Å². The second-order valence-corrected chi connectivity index (χ2v) is 6.81. The van der Waals surface area contributed by atoms with Crippen LogP contribution in [0, 0.1) is 0 Å². The minimum atomic E-state index is 0.0478. The Hall–Kier alpha value is -0.750. The third kappa shape index (κ3) is 5.82. The molecule has 1 aromatic rings. The highest BCUT2D eigenvalue weighted by molar-refractivity contribution is 7.98. The van der Waals surface area contributed by atoms with Crippen molar-refractivity contribution in [3.05, 3.63) is 5.89 Å². The van der Waals surface area contributed by atoms with E-state index in [9.17, 15) is 0 Å². The van der Waals surface area contributed by atoms with Crippen LogP contribution in [0.15, 0.2) is 4.42 Å². The Morgan fingerprint density at radius 3 is 2.63 bits per heavy atom. The quantitative estimate of drug-likeness (QED) is 0.831. The Balaban J connectivity index is 2.53. The number of anilines is 1. The molecule has 0 amide bonds. The van der Waals surface area contributed by atoms with E-state index in [0.717, 1.165) is 12.2 Å². The molecule has 0 spiro atoms. The van der Waals surface area contributed by atoms with Crippen molar-refractivity contribution in [2.24, 2.45) is 0 Å². The van der Waals surface area contributed by atoms with E-state index in [1.165, 1.54) is 0 Å². The Kier molecular flexibility index (Phi) is 6.13. The van der Waals surface area contributed by atoms with Crippen LogP contribution < -0.4 is 10.2 Å². The highest BCUT2D eigenvalue weighted by Crippen LogP contribution is 2.16. The number of hydrogen-bond acceptors (Lipinski definition) is 6. The monoisotopic (exact) mass is 286 g/mol. The van der Waals surface area contributed by atoms with Gasteiger partial charge in [0.25, 0.3) is 0 Å². The Labute approximate surface area is 120 Å². The fourth-order valence-corrected chi connectivity index (χ4v) is 2.05. The maximum atomic E-state index is 5.68. The van der Waals surface area contributed by atoms with Gasteiger partial charge in [0.1, 0.15) is 0 Å². The first kappa shape index (κ1) is 16.3. The molecule has 19 heavy (non-hydrogen) atoms. The molecule has 0 aliphatic rings. The van der Waals surface area contributed by atoms with Gasteiger partial charge in [-0.3, -0.25) is 0 Å². The molecular formula is C13H26N4OS. The molecule has 0 aromatic carbocycles. The van der Waals surface area contributed by atoms with Gasteiger partial charge >= 0.3 is 6.01 Å². The first-order valence-electron chi connectivity index (χ1n) is 6.62. The summed E-state index contributed by atoms with van der Waals surface area (Å²) in [7, 11) is 2.00. The molecule has 6 heteroatoms. The van der Waals surface area contributed by atoms with Crippen LogP contribution in [0.3, 0.4) is 0 Å². The Bertz CT molecular complexity index is 375. The van der Waals surface area contributed by atoms with E-state index in [2.05, 4.69) is 49.5 Å². The molecule has 0 radical (unpaired) electrons. The van der Waals surface area contributed by atoms with Gasteiger partial charge in [-0.1, -0.05) is 5.10 Å². The first-order valence-corrected chi connectivity index (χ1v) is 8.02. The van der Waals surface area contributed by atoms with Crippen LogP contribution >= 0.6 is 11.8 Å². The van der Waals surface area contributed by atoms with Crippen molar-refractivity contribution >= 4 is 17.8 Å². The highest BCUT2D eigenvalue weighted by atomic mass is 32.2. The molecule has 0 saturated heterocycles. The SMILES string of the molecule is CSCCC(C)N(C)c1nnc(CNC(C)(C)C)o1. The highest BCUT2D eigenvalue weighted by Gasteiger charge is 2.17. The number of thioether (sulfide) groups is 1. The van der Waals surface area contributed by atoms with Gasteiger partial charge in [-0.2, -0.15) is 11.8 Å². The van der Waals surface area contributed by atoms with E-state index in [-0.39, 0.29) is 5.54 Å². The lowest BCUT2D eigenvalue weighted by Gasteiger charge is -2.22. The van der Waals surface area contributed by atoms with Gasteiger partial charge in [-0.05, 0) is 46.1 Å². The molecule has 0 aliphatic heterocycles. The summed E-state index contributed by atoms with van der Waals surface area (Å²) < 4.78 is 5.68. The van der Waals surface area contributed by atoms with Gasteiger partial charge in [-0.15, -0.1) is 5.10 Å². The van der Waals surface area contributed by atoms with Gasteiger partial charge in [0.2, 0.25) is 5.89 Å². The Morgan fingerprint density at radius 1 is 1.37 bits per heavy atom. The zero-order valence-corrected chi connectivity index (χ0v) is 13.7. The fraction of sp³-hybridized carbons (Fsp3) is 0.846. The van der Waals surface area contributed by atoms with Crippen LogP contribution in [0.2, 0.25) is 0 Å². The topological polar surface area (TPSA) is 54.2 Å². The van der Waals surface area contributed by atoms with Crippen LogP contribution in [0.25, 0.3) is 0 Å². The van der Waals surface area contributed by atoms with Crippen LogP contribution in [-0.2, 0) is 6.54 Å². The molecule has 0 fully saturated rings. The minimum absolute atomic E-state index is 0.0478. The normalized spacial score (nSPS) is 13.6. The molecule has 1 N–H and O–H groups in total. The van der Waals surface area contributed by atoms with E-state index in [4.69, 9.17) is 4.42 Å². The van der Waals surface area contributed by atoms with Crippen LogP contribution in [0.1, 0.15) is 40.0 Å². The maximum absolute atomic E-state index is 5.68. The van der Waals surface area contributed by atoms with E-state index in [1.807, 2.05) is 23.7 Å². The number of hydrogen-bond donors (Lipinski definition) is 1. The van der Waals surface area contributed by atoms with Gasteiger partial charge < -0.3 is 14.6 Å². The number of rotatable bonds is 7. The molecule has 110 valence electrons. The van der Waals surface area contributed by atoms with Gasteiger partial charge in [0.05, 0.1) is 6.54 Å². The van der Waals surface area contributed by atoms with Crippen molar-refractivity contribution in [3.63, 3.8) is 0 Å². The van der Waals surface area contributed by atoms with Gasteiger partial charge in [0.15, 0.2) is 0 Å². The molecular weight excluding hydrogens is 260 g/mol. The Morgan fingerprint density at radius 2 is 2.05 bits per heavy atom. The summed E-state index contributed by atoms with van der Waals surface area (Å²) in [6.07, 6.45) is 3.23. The summed E-state index contributed by atoms with van der Waals surface area (Å²) in [6, 6.07) is 0.996. The lowest BCUT2D eigenvalue weighted by molar-refractivity contribution is 0.379. The van der Waals surface area contributed by atoms with Crippen molar-refractivity contribution in [2.45, 2.75) is 52.2 Å². The molecule has 5 nitrogen and oxygen atoms in total. The molecule has 1 rings (SSSR count). The van der Waals surface area contributed by atoms with Gasteiger partial charge in [-0.25, -0.2) is 0 Å². The van der Waals surface area contributed by atoms with Crippen molar-refractivity contribution in [1.82, 2.24) is 15.5 Å². The van der Waals surface area contributed by atoms with E-state index < -0.39 is 0 Å². The van der Waals surface area contributed by atoms with Gasteiger partial charge in [0, 0.05) is 18.6 Å². The van der Waals surface area contributed by atoms with Crippen molar-refractivity contribution in [2.75, 3.05) is 24.0 Å². The average molecular weight is 286 g/mol. The fourth-order valence-electron chi connectivity index (χ4n) is 1.47. The second-order valence-electron chi connectivity index (χ2n) is 5.82. The largest absolute Gasteiger partial charge is 0.407 e. The predicted octanol–water partition coefficient (Wildman–Crippen LogP) is 2.54. The molecule has 0 aliphatic carbocycles. The average Bonchev–Trinajstić information content (AvgIpc) is 2.80. The third-order valence-electron chi connectivity index (χ3n) is 2.93.